The molecule has 2 fully saturated rings. The Morgan fingerprint density at radius 1 is 1.30 bits per heavy atom. The molecule has 0 radical (unpaired) electrons. The molecule has 20 heavy (non-hydrogen) atoms. The average molecular weight is 279 g/mol. The Labute approximate surface area is 116 Å². The van der Waals surface area contributed by atoms with Crippen LogP contribution in [-0.2, 0) is 11.3 Å². The van der Waals surface area contributed by atoms with Gasteiger partial charge in [-0.3, -0.25) is 4.79 Å². The van der Waals surface area contributed by atoms with Gasteiger partial charge in [-0.1, -0.05) is 0 Å². The minimum Gasteiger partial charge on any atom is -0.508 e. The first-order valence-corrected chi connectivity index (χ1v) is 6.99. The highest BCUT2D eigenvalue weighted by atomic mass is 19.1. The number of aromatic hydroxyl groups is 1. The molecular formula is C15H18FNO3. The van der Waals surface area contributed by atoms with Gasteiger partial charge in [0.2, 0.25) is 0 Å². The molecule has 0 heterocycles. The van der Waals surface area contributed by atoms with Crippen LogP contribution >= 0.6 is 0 Å². The number of halogens is 1. The van der Waals surface area contributed by atoms with Crippen LogP contribution in [0.25, 0.3) is 0 Å². The first kappa shape index (κ1) is 13.4. The van der Waals surface area contributed by atoms with E-state index >= 15 is 0 Å². The van der Waals surface area contributed by atoms with E-state index in [0.29, 0.717) is 18.0 Å². The van der Waals surface area contributed by atoms with Gasteiger partial charge in [0.05, 0.1) is 5.92 Å². The third-order valence-corrected chi connectivity index (χ3v) is 4.69. The summed E-state index contributed by atoms with van der Waals surface area (Å²) in [5.74, 6) is -0.985. The number of nitrogens with one attached hydrogen (secondary N) is 1. The van der Waals surface area contributed by atoms with E-state index in [1.54, 1.807) is 0 Å². The highest BCUT2D eigenvalue weighted by molar-refractivity contribution is 5.72. The normalized spacial score (nSPS) is 31.6. The van der Waals surface area contributed by atoms with Crippen LogP contribution in [0.3, 0.4) is 0 Å². The Morgan fingerprint density at radius 2 is 2.05 bits per heavy atom. The molecule has 5 heteroatoms. The molecule has 2 bridgehead atoms. The first-order valence-electron chi connectivity index (χ1n) is 6.99. The van der Waals surface area contributed by atoms with E-state index in [1.165, 1.54) is 12.1 Å². The fraction of sp³-hybridized carbons (Fsp3) is 0.533. The second-order valence-electron chi connectivity index (χ2n) is 5.92. The van der Waals surface area contributed by atoms with Crippen LogP contribution in [0.1, 0.15) is 24.8 Å². The highest BCUT2D eigenvalue weighted by Crippen LogP contribution is 2.48. The second kappa shape index (κ2) is 5.05. The van der Waals surface area contributed by atoms with E-state index in [2.05, 4.69) is 5.32 Å². The minimum atomic E-state index is -0.739. The Balaban J connectivity index is 1.69. The standard InChI is InChI=1S/C15H18FNO3/c16-11-3-8(4-12(18)6-11)7-17-14-10-2-1-9(5-10)13(14)15(19)20/h3-4,6,9-10,13-14,17-18H,1-2,5,7H2,(H,19,20). The van der Waals surface area contributed by atoms with Crippen molar-refractivity contribution in [3.8, 4) is 5.75 Å². The van der Waals surface area contributed by atoms with E-state index in [9.17, 15) is 19.4 Å². The first-order chi connectivity index (χ1) is 9.54. The molecule has 0 spiro atoms. The van der Waals surface area contributed by atoms with Gasteiger partial charge in [-0.15, -0.1) is 0 Å². The molecule has 4 nitrogen and oxygen atoms in total. The van der Waals surface area contributed by atoms with Gasteiger partial charge in [-0.25, -0.2) is 4.39 Å². The van der Waals surface area contributed by atoms with Crippen molar-refractivity contribution in [2.75, 3.05) is 0 Å². The number of carboxylic acids is 1. The van der Waals surface area contributed by atoms with Crippen molar-refractivity contribution >= 4 is 5.97 Å². The molecule has 0 aromatic heterocycles. The SMILES string of the molecule is O=C(O)C1C2CCC(C2)C1NCc1cc(O)cc(F)c1. The summed E-state index contributed by atoms with van der Waals surface area (Å²) in [4.78, 5) is 11.4. The predicted octanol–water partition coefficient (Wildman–Crippen LogP) is 2.12. The minimum absolute atomic E-state index is 0.0448. The number of rotatable bonds is 4. The number of carbonyl (C=O) groups is 1. The van der Waals surface area contributed by atoms with Gasteiger partial charge < -0.3 is 15.5 Å². The van der Waals surface area contributed by atoms with E-state index < -0.39 is 11.8 Å². The summed E-state index contributed by atoms with van der Waals surface area (Å²) in [6, 6.07) is 3.87. The predicted molar refractivity (Wildman–Crippen MR) is 70.6 cm³/mol. The third-order valence-electron chi connectivity index (χ3n) is 4.69. The summed E-state index contributed by atoms with van der Waals surface area (Å²) in [7, 11) is 0. The van der Waals surface area contributed by atoms with Gasteiger partial charge in [-0.05, 0) is 48.8 Å². The van der Waals surface area contributed by atoms with Crippen LogP contribution in [0.5, 0.6) is 5.75 Å². The van der Waals surface area contributed by atoms with Gasteiger partial charge in [0.25, 0.3) is 0 Å². The lowest BCUT2D eigenvalue weighted by Gasteiger charge is -2.29. The van der Waals surface area contributed by atoms with Gasteiger partial charge >= 0.3 is 5.97 Å². The van der Waals surface area contributed by atoms with Crippen molar-refractivity contribution in [1.29, 1.82) is 0 Å². The monoisotopic (exact) mass is 279 g/mol. The molecular weight excluding hydrogens is 261 g/mol. The number of hydrogen-bond donors (Lipinski definition) is 3. The molecule has 108 valence electrons. The largest absolute Gasteiger partial charge is 0.508 e. The lowest BCUT2D eigenvalue weighted by atomic mass is 9.84. The van der Waals surface area contributed by atoms with Crippen molar-refractivity contribution in [3.63, 3.8) is 0 Å². The van der Waals surface area contributed by atoms with Crippen molar-refractivity contribution < 1.29 is 19.4 Å². The van der Waals surface area contributed by atoms with E-state index in [-0.39, 0.29) is 23.6 Å². The Morgan fingerprint density at radius 3 is 2.75 bits per heavy atom. The van der Waals surface area contributed by atoms with Gasteiger partial charge in [0.15, 0.2) is 0 Å². The fourth-order valence-corrected chi connectivity index (χ4v) is 3.91. The maximum atomic E-state index is 13.2. The van der Waals surface area contributed by atoms with Crippen LogP contribution < -0.4 is 5.32 Å². The molecule has 4 atom stereocenters. The molecule has 2 aliphatic rings. The maximum Gasteiger partial charge on any atom is 0.308 e. The van der Waals surface area contributed by atoms with Crippen LogP contribution in [0.15, 0.2) is 18.2 Å². The molecule has 1 aromatic carbocycles. The van der Waals surface area contributed by atoms with E-state index in [0.717, 1.165) is 25.3 Å². The number of aliphatic carboxylic acids is 1. The number of hydrogen-bond acceptors (Lipinski definition) is 3. The summed E-state index contributed by atoms with van der Waals surface area (Å²) in [5, 5.41) is 22.0. The number of carboxylic acid groups (broad SMARTS) is 1. The summed E-state index contributed by atoms with van der Waals surface area (Å²) in [5.41, 5.74) is 0.634. The number of phenols is 1. The molecule has 4 unspecified atom stereocenters. The number of fused-ring (bicyclic) bond motifs is 2. The van der Waals surface area contributed by atoms with Gasteiger partial charge in [0, 0.05) is 18.7 Å². The molecule has 1 aromatic rings. The fourth-order valence-electron chi connectivity index (χ4n) is 3.91. The summed E-state index contributed by atoms with van der Waals surface area (Å²) < 4.78 is 13.2. The van der Waals surface area contributed by atoms with Gasteiger partial charge in [-0.2, -0.15) is 0 Å². The number of benzene rings is 1. The molecule has 3 rings (SSSR count). The smallest absolute Gasteiger partial charge is 0.308 e. The highest BCUT2D eigenvalue weighted by Gasteiger charge is 2.50. The summed E-state index contributed by atoms with van der Waals surface area (Å²) >= 11 is 0. The molecule has 3 N–H and O–H groups in total. The van der Waals surface area contributed by atoms with Gasteiger partial charge in [0.1, 0.15) is 11.6 Å². The zero-order valence-electron chi connectivity index (χ0n) is 11.1. The molecule has 0 amide bonds. The van der Waals surface area contributed by atoms with Crippen LogP contribution in [-0.4, -0.2) is 22.2 Å². The van der Waals surface area contributed by atoms with Crippen molar-refractivity contribution in [1.82, 2.24) is 5.32 Å². The van der Waals surface area contributed by atoms with E-state index in [4.69, 9.17) is 0 Å². The number of phenolic OH excluding ortho intramolecular Hbond substituents is 1. The second-order valence-corrected chi connectivity index (χ2v) is 5.92. The summed E-state index contributed by atoms with van der Waals surface area (Å²) in [6.45, 7) is 0.378. The molecule has 2 aliphatic carbocycles. The summed E-state index contributed by atoms with van der Waals surface area (Å²) in [6.07, 6.45) is 3.05. The van der Waals surface area contributed by atoms with Crippen molar-refractivity contribution in [2.45, 2.75) is 31.8 Å². The Kier molecular flexibility index (Phi) is 3.38. The Bertz CT molecular complexity index is 514. The lowest BCUT2D eigenvalue weighted by molar-refractivity contribution is -0.144. The van der Waals surface area contributed by atoms with Crippen molar-refractivity contribution in [3.05, 3.63) is 29.6 Å². The maximum absolute atomic E-state index is 13.2. The molecule has 0 saturated heterocycles. The zero-order chi connectivity index (χ0) is 14.3. The third kappa shape index (κ3) is 2.38. The van der Waals surface area contributed by atoms with Crippen LogP contribution in [0.4, 0.5) is 4.39 Å². The van der Waals surface area contributed by atoms with Crippen LogP contribution in [0.2, 0.25) is 0 Å². The Hall–Kier alpha value is -1.62. The quantitative estimate of drug-likeness (QED) is 0.789. The molecule has 0 aliphatic heterocycles. The molecule has 2 saturated carbocycles. The topological polar surface area (TPSA) is 69.6 Å². The van der Waals surface area contributed by atoms with Crippen molar-refractivity contribution in [2.24, 2.45) is 17.8 Å². The lowest BCUT2D eigenvalue weighted by Crippen LogP contribution is -2.43. The van der Waals surface area contributed by atoms with E-state index in [1.807, 2.05) is 0 Å². The average Bonchev–Trinajstić information content (AvgIpc) is 2.95. The zero-order valence-corrected chi connectivity index (χ0v) is 11.1. The van der Waals surface area contributed by atoms with Crippen LogP contribution in [0, 0.1) is 23.6 Å².